The molecule has 5 heteroatoms. The number of anilines is 2. The highest BCUT2D eigenvalue weighted by molar-refractivity contribution is 5.85. The predicted molar refractivity (Wildman–Crippen MR) is 69.9 cm³/mol. The Kier molecular flexibility index (Phi) is 3.72. The van der Waals surface area contributed by atoms with Crippen molar-refractivity contribution in [1.82, 2.24) is 0 Å². The molecule has 1 saturated heterocycles. The van der Waals surface area contributed by atoms with Crippen molar-refractivity contribution in [1.29, 1.82) is 0 Å². The number of carbonyl (C=O) groups excluding carboxylic acids is 1. The summed E-state index contributed by atoms with van der Waals surface area (Å²) in [6.07, 6.45) is -0.466. The molecule has 2 N–H and O–H groups in total. The van der Waals surface area contributed by atoms with E-state index in [9.17, 15) is 4.79 Å². The largest absolute Gasteiger partial charge is 0.453 e. The number of rotatable bonds is 4. The van der Waals surface area contributed by atoms with Crippen LogP contribution in [0, 0.1) is 5.41 Å². The summed E-state index contributed by atoms with van der Waals surface area (Å²) in [5.41, 5.74) is 1.89. The zero-order valence-electron chi connectivity index (χ0n) is 10.7. The summed E-state index contributed by atoms with van der Waals surface area (Å²) in [7, 11) is 1.34. The third-order valence-corrected chi connectivity index (χ3v) is 2.91. The van der Waals surface area contributed by atoms with Gasteiger partial charge in [-0.2, -0.15) is 0 Å². The first kappa shape index (κ1) is 12.7. The molecule has 0 aliphatic carbocycles. The van der Waals surface area contributed by atoms with E-state index < -0.39 is 6.09 Å². The van der Waals surface area contributed by atoms with Crippen molar-refractivity contribution >= 4 is 17.5 Å². The number of amides is 1. The Morgan fingerprint density at radius 2 is 2.17 bits per heavy atom. The Morgan fingerprint density at radius 1 is 1.44 bits per heavy atom. The number of benzene rings is 1. The van der Waals surface area contributed by atoms with Gasteiger partial charge < -0.3 is 14.8 Å². The summed E-state index contributed by atoms with van der Waals surface area (Å²) < 4.78 is 9.75. The molecule has 98 valence electrons. The molecule has 5 nitrogen and oxygen atoms in total. The second-order valence-corrected chi connectivity index (χ2v) is 4.85. The normalized spacial score (nSPS) is 16.6. The van der Waals surface area contributed by atoms with Crippen molar-refractivity contribution in [3.63, 3.8) is 0 Å². The van der Waals surface area contributed by atoms with Crippen LogP contribution in [0.1, 0.15) is 6.92 Å². The van der Waals surface area contributed by atoms with Crippen molar-refractivity contribution in [2.45, 2.75) is 6.92 Å². The highest BCUT2D eigenvalue weighted by Crippen LogP contribution is 2.27. The number of hydrogen-bond donors (Lipinski definition) is 2. The first-order chi connectivity index (χ1) is 8.61. The molecule has 0 radical (unpaired) electrons. The Balaban J connectivity index is 1.92. The topological polar surface area (TPSA) is 59.6 Å². The minimum Gasteiger partial charge on any atom is -0.453 e. The SMILES string of the molecule is COC(=O)Nc1cccc(NCC2(C)COC2)c1. The zero-order chi connectivity index (χ0) is 13.0. The first-order valence-electron chi connectivity index (χ1n) is 5.88. The molecule has 1 aliphatic rings. The summed E-state index contributed by atoms with van der Waals surface area (Å²) in [4.78, 5) is 11.1. The van der Waals surface area contributed by atoms with E-state index in [1.165, 1.54) is 7.11 Å². The molecule has 0 aromatic heterocycles. The molecule has 1 aromatic carbocycles. The molecule has 0 atom stereocenters. The molecule has 1 heterocycles. The second-order valence-electron chi connectivity index (χ2n) is 4.85. The van der Waals surface area contributed by atoms with Gasteiger partial charge in [0.05, 0.1) is 20.3 Å². The molecule has 1 aliphatic heterocycles. The van der Waals surface area contributed by atoms with Crippen LogP contribution < -0.4 is 10.6 Å². The maximum absolute atomic E-state index is 11.1. The lowest BCUT2D eigenvalue weighted by Crippen LogP contribution is -2.45. The average Bonchev–Trinajstić information content (AvgIpc) is 2.34. The fraction of sp³-hybridized carbons (Fsp3) is 0.462. The van der Waals surface area contributed by atoms with Gasteiger partial charge in [-0.05, 0) is 18.2 Å². The van der Waals surface area contributed by atoms with Crippen LogP contribution in [0.15, 0.2) is 24.3 Å². The number of ether oxygens (including phenoxy) is 2. The van der Waals surface area contributed by atoms with Crippen LogP contribution in [0.25, 0.3) is 0 Å². The van der Waals surface area contributed by atoms with Crippen molar-refractivity contribution in [2.75, 3.05) is 37.5 Å². The van der Waals surface area contributed by atoms with E-state index in [0.29, 0.717) is 5.69 Å². The lowest BCUT2D eigenvalue weighted by Gasteiger charge is -2.38. The third-order valence-electron chi connectivity index (χ3n) is 2.91. The van der Waals surface area contributed by atoms with Gasteiger partial charge in [-0.15, -0.1) is 0 Å². The van der Waals surface area contributed by atoms with Gasteiger partial charge in [0.25, 0.3) is 0 Å². The maximum Gasteiger partial charge on any atom is 0.411 e. The molecular formula is C13H18N2O3. The lowest BCUT2D eigenvalue weighted by atomic mass is 9.89. The first-order valence-corrected chi connectivity index (χ1v) is 5.88. The van der Waals surface area contributed by atoms with Crippen molar-refractivity contribution in [2.24, 2.45) is 5.41 Å². The lowest BCUT2D eigenvalue weighted by molar-refractivity contribution is -0.0924. The highest BCUT2D eigenvalue weighted by Gasteiger charge is 2.32. The van der Waals surface area contributed by atoms with Crippen LogP contribution in [0.3, 0.4) is 0 Å². The van der Waals surface area contributed by atoms with Crippen LogP contribution >= 0.6 is 0 Å². The van der Waals surface area contributed by atoms with Crippen LogP contribution in [0.5, 0.6) is 0 Å². The molecule has 1 fully saturated rings. The van der Waals surface area contributed by atoms with Gasteiger partial charge in [0, 0.05) is 23.3 Å². The van der Waals surface area contributed by atoms with E-state index in [1.54, 1.807) is 0 Å². The number of methoxy groups -OCH3 is 1. The molecule has 0 unspecified atom stereocenters. The Hall–Kier alpha value is -1.75. The second kappa shape index (κ2) is 5.27. The van der Waals surface area contributed by atoms with Gasteiger partial charge in [0.2, 0.25) is 0 Å². The molecule has 0 spiro atoms. The molecule has 18 heavy (non-hydrogen) atoms. The van der Waals surface area contributed by atoms with Gasteiger partial charge in [-0.25, -0.2) is 4.79 Å². The number of nitrogens with one attached hydrogen (secondary N) is 2. The highest BCUT2D eigenvalue weighted by atomic mass is 16.5. The number of carbonyl (C=O) groups is 1. The summed E-state index contributed by atoms with van der Waals surface area (Å²) in [6.45, 7) is 4.62. The fourth-order valence-corrected chi connectivity index (χ4v) is 1.74. The summed E-state index contributed by atoms with van der Waals surface area (Å²) in [5.74, 6) is 0. The quantitative estimate of drug-likeness (QED) is 0.861. The monoisotopic (exact) mass is 250 g/mol. The fourth-order valence-electron chi connectivity index (χ4n) is 1.74. The van der Waals surface area contributed by atoms with Gasteiger partial charge in [0.15, 0.2) is 0 Å². The molecule has 0 saturated carbocycles. The third kappa shape index (κ3) is 3.13. The smallest absolute Gasteiger partial charge is 0.411 e. The minimum atomic E-state index is -0.466. The number of hydrogen-bond acceptors (Lipinski definition) is 4. The minimum absolute atomic E-state index is 0.214. The Labute approximate surface area is 106 Å². The zero-order valence-corrected chi connectivity index (χ0v) is 10.7. The van der Waals surface area contributed by atoms with E-state index in [4.69, 9.17) is 4.74 Å². The molecule has 0 bridgehead atoms. The van der Waals surface area contributed by atoms with Crippen molar-refractivity contribution in [3.05, 3.63) is 24.3 Å². The van der Waals surface area contributed by atoms with E-state index in [-0.39, 0.29) is 5.41 Å². The molecule has 1 amide bonds. The van der Waals surface area contributed by atoms with Crippen LogP contribution in [-0.4, -0.2) is 33.0 Å². The predicted octanol–water partition coefficient (Wildman–Crippen LogP) is 2.31. The van der Waals surface area contributed by atoms with E-state index >= 15 is 0 Å². The van der Waals surface area contributed by atoms with Crippen LogP contribution in [0.2, 0.25) is 0 Å². The van der Waals surface area contributed by atoms with Crippen LogP contribution in [-0.2, 0) is 9.47 Å². The summed E-state index contributed by atoms with van der Waals surface area (Å²) >= 11 is 0. The van der Waals surface area contributed by atoms with E-state index in [1.807, 2.05) is 24.3 Å². The van der Waals surface area contributed by atoms with Gasteiger partial charge >= 0.3 is 6.09 Å². The Morgan fingerprint density at radius 3 is 2.78 bits per heavy atom. The van der Waals surface area contributed by atoms with Crippen molar-refractivity contribution < 1.29 is 14.3 Å². The molecular weight excluding hydrogens is 232 g/mol. The van der Waals surface area contributed by atoms with Gasteiger partial charge in [-0.3, -0.25) is 5.32 Å². The van der Waals surface area contributed by atoms with E-state index in [0.717, 1.165) is 25.4 Å². The summed E-state index contributed by atoms with van der Waals surface area (Å²) in [5, 5.41) is 5.98. The van der Waals surface area contributed by atoms with Crippen molar-refractivity contribution in [3.8, 4) is 0 Å². The van der Waals surface area contributed by atoms with Gasteiger partial charge in [-0.1, -0.05) is 13.0 Å². The molecule has 1 aromatic rings. The standard InChI is InChI=1S/C13H18N2O3/c1-13(8-18-9-13)7-14-10-4-3-5-11(6-10)15-12(16)17-2/h3-6,14H,7-9H2,1-2H3,(H,15,16). The van der Waals surface area contributed by atoms with Gasteiger partial charge in [0.1, 0.15) is 0 Å². The molecule has 2 rings (SSSR count). The summed E-state index contributed by atoms with van der Waals surface area (Å²) in [6, 6.07) is 7.54. The average molecular weight is 250 g/mol. The van der Waals surface area contributed by atoms with Crippen LogP contribution in [0.4, 0.5) is 16.2 Å². The maximum atomic E-state index is 11.1. The van der Waals surface area contributed by atoms with E-state index in [2.05, 4.69) is 22.3 Å². The Bertz CT molecular complexity index is 430.